The molecule has 1 saturated heterocycles. The van der Waals surface area contributed by atoms with Crippen molar-refractivity contribution in [3.63, 3.8) is 0 Å². The van der Waals surface area contributed by atoms with Crippen molar-refractivity contribution in [2.45, 2.75) is 25.7 Å². The number of aryl methyl sites for hydroxylation is 1. The molecule has 30 heavy (non-hydrogen) atoms. The van der Waals surface area contributed by atoms with Crippen LogP contribution >= 0.6 is 12.4 Å². The molecule has 3 rings (SSSR count). The summed E-state index contributed by atoms with van der Waals surface area (Å²) < 4.78 is 26.4. The Kier molecular flexibility index (Phi) is 9.40. The summed E-state index contributed by atoms with van der Waals surface area (Å²) in [5.74, 6) is -1.37. The van der Waals surface area contributed by atoms with Crippen molar-refractivity contribution in [3.8, 4) is 0 Å². The first kappa shape index (κ1) is 24.0. The lowest BCUT2D eigenvalue weighted by molar-refractivity contribution is -0.131. The maximum Gasteiger partial charge on any atom is 0.225 e. The zero-order chi connectivity index (χ0) is 20.6. The molecule has 0 aromatic heterocycles. The smallest absolute Gasteiger partial charge is 0.225 e. The van der Waals surface area contributed by atoms with E-state index in [1.54, 1.807) is 12.1 Å². The zero-order valence-corrected chi connectivity index (χ0v) is 17.5. The van der Waals surface area contributed by atoms with Crippen LogP contribution in [0.3, 0.4) is 0 Å². The van der Waals surface area contributed by atoms with Gasteiger partial charge in [-0.3, -0.25) is 9.59 Å². The average molecular weight is 437 g/mol. The van der Waals surface area contributed by atoms with Gasteiger partial charge in [0, 0.05) is 32.0 Å². The van der Waals surface area contributed by atoms with E-state index in [2.05, 4.69) is 10.6 Å². The number of halogens is 3. The molecule has 0 spiro atoms. The molecule has 2 N–H and O–H groups in total. The zero-order valence-electron chi connectivity index (χ0n) is 16.7. The van der Waals surface area contributed by atoms with Gasteiger partial charge in [0.1, 0.15) is 17.4 Å². The summed E-state index contributed by atoms with van der Waals surface area (Å²) in [7, 11) is 0. The van der Waals surface area contributed by atoms with Gasteiger partial charge in [-0.1, -0.05) is 24.3 Å². The van der Waals surface area contributed by atoms with Gasteiger partial charge in [0.05, 0.1) is 5.92 Å². The number of Topliss-reactive ketones (excluding diaryl/α,β-unsaturated/α-hetero) is 1. The van der Waals surface area contributed by atoms with Crippen molar-refractivity contribution >= 4 is 24.1 Å². The Labute approximate surface area is 181 Å². The van der Waals surface area contributed by atoms with Crippen LogP contribution in [-0.2, 0) is 22.4 Å². The SMILES string of the molecule is Cl.O=C(CCCc1cccc(F)c1)[C@@H]1CNC[C@H]1C(=O)NCCc1cccc(F)c1. The lowest BCUT2D eigenvalue weighted by atomic mass is 9.88. The highest BCUT2D eigenvalue weighted by Gasteiger charge is 2.36. The van der Waals surface area contributed by atoms with Gasteiger partial charge in [-0.15, -0.1) is 12.4 Å². The number of hydrogen-bond acceptors (Lipinski definition) is 3. The minimum atomic E-state index is -0.385. The monoisotopic (exact) mass is 436 g/mol. The van der Waals surface area contributed by atoms with Crippen LogP contribution in [0, 0.1) is 23.5 Å². The molecule has 0 bridgehead atoms. The Morgan fingerprint density at radius 1 is 0.933 bits per heavy atom. The van der Waals surface area contributed by atoms with Gasteiger partial charge in [0.25, 0.3) is 0 Å². The largest absolute Gasteiger partial charge is 0.355 e. The Morgan fingerprint density at radius 3 is 2.17 bits per heavy atom. The van der Waals surface area contributed by atoms with E-state index < -0.39 is 0 Å². The Balaban J connectivity index is 0.00000320. The molecule has 1 amide bonds. The van der Waals surface area contributed by atoms with Crippen LogP contribution in [0.15, 0.2) is 48.5 Å². The summed E-state index contributed by atoms with van der Waals surface area (Å²) in [5.41, 5.74) is 1.69. The summed E-state index contributed by atoms with van der Waals surface area (Å²) in [6.07, 6.45) is 2.17. The van der Waals surface area contributed by atoms with E-state index in [4.69, 9.17) is 0 Å². The van der Waals surface area contributed by atoms with E-state index in [0.717, 1.165) is 11.1 Å². The fourth-order valence-corrected chi connectivity index (χ4v) is 3.79. The van der Waals surface area contributed by atoms with Crippen LogP contribution in [0.2, 0.25) is 0 Å². The van der Waals surface area contributed by atoms with Crippen LogP contribution in [-0.4, -0.2) is 31.3 Å². The molecule has 0 aliphatic carbocycles. The van der Waals surface area contributed by atoms with E-state index in [1.807, 2.05) is 12.1 Å². The predicted molar refractivity (Wildman–Crippen MR) is 115 cm³/mol. The highest BCUT2D eigenvalue weighted by molar-refractivity contribution is 5.89. The van der Waals surface area contributed by atoms with Crippen LogP contribution in [0.4, 0.5) is 8.78 Å². The second-order valence-electron chi connectivity index (χ2n) is 7.49. The molecule has 7 heteroatoms. The van der Waals surface area contributed by atoms with E-state index in [-0.39, 0.29) is 47.6 Å². The molecule has 0 radical (unpaired) electrons. The van der Waals surface area contributed by atoms with Crippen LogP contribution in [0.5, 0.6) is 0 Å². The Hall–Kier alpha value is -2.31. The van der Waals surface area contributed by atoms with Crippen molar-refractivity contribution in [1.82, 2.24) is 10.6 Å². The van der Waals surface area contributed by atoms with E-state index in [0.29, 0.717) is 45.3 Å². The molecular weight excluding hydrogens is 410 g/mol. The summed E-state index contributed by atoms with van der Waals surface area (Å²) >= 11 is 0. The molecule has 0 unspecified atom stereocenters. The highest BCUT2D eigenvalue weighted by atomic mass is 35.5. The Bertz CT molecular complexity index is 793. The van der Waals surface area contributed by atoms with Gasteiger partial charge < -0.3 is 10.6 Å². The van der Waals surface area contributed by atoms with Gasteiger partial charge >= 0.3 is 0 Å². The van der Waals surface area contributed by atoms with Crippen LogP contribution < -0.4 is 10.6 Å². The maximum atomic E-state index is 13.2. The number of rotatable bonds is 9. The molecule has 1 fully saturated rings. The summed E-state index contributed by atoms with van der Waals surface area (Å²) in [5, 5.41) is 6.00. The summed E-state index contributed by atoms with van der Waals surface area (Å²) in [6, 6.07) is 12.7. The normalized spacial score (nSPS) is 17.9. The van der Waals surface area contributed by atoms with Gasteiger partial charge in [-0.05, 0) is 54.7 Å². The van der Waals surface area contributed by atoms with Crippen molar-refractivity contribution in [1.29, 1.82) is 0 Å². The third-order valence-electron chi connectivity index (χ3n) is 5.34. The number of carbonyl (C=O) groups is 2. The molecule has 2 aromatic carbocycles. The third-order valence-corrected chi connectivity index (χ3v) is 5.34. The number of nitrogens with one attached hydrogen (secondary N) is 2. The highest BCUT2D eigenvalue weighted by Crippen LogP contribution is 2.21. The second-order valence-corrected chi connectivity index (χ2v) is 7.49. The summed E-state index contributed by atoms with van der Waals surface area (Å²) in [6.45, 7) is 1.38. The first-order valence-electron chi connectivity index (χ1n) is 10.0. The molecular formula is C23H27ClF2N2O2. The first-order chi connectivity index (χ1) is 14.0. The van der Waals surface area contributed by atoms with E-state index >= 15 is 0 Å². The van der Waals surface area contributed by atoms with Crippen molar-refractivity contribution < 1.29 is 18.4 Å². The second kappa shape index (κ2) is 11.8. The predicted octanol–water partition coefficient (Wildman–Crippen LogP) is 3.47. The molecule has 162 valence electrons. The minimum Gasteiger partial charge on any atom is -0.355 e. The Morgan fingerprint density at radius 2 is 1.53 bits per heavy atom. The molecule has 2 atom stereocenters. The molecule has 0 saturated carbocycles. The van der Waals surface area contributed by atoms with Gasteiger partial charge in [0.15, 0.2) is 0 Å². The lowest BCUT2D eigenvalue weighted by Crippen LogP contribution is -2.38. The van der Waals surface area contributed by atoms with Gasteiger partial charge in [-0.2, -0.15) is 0 Å². The van der Waals surface area contributed by atoms with Crippen LogP contribution in [0.25, 0.3) is 0 Å². The number of hydrogen-bond donors (Lipinski definition) is 2. The third kappa shape index (κ3) is 6.89. The van der Waals surface area contributed by atoms with E-state index in [1.165, 1.54) is 24.3 Å². The topological polar surface area (TPSA) is 58.2 Å². The lowest BCUT2D eigenvalue weighted by Gasteiger charge is -2.17. The molecule has 1 aliphatic rings. The first-order valence-corrected chi connectivity index (χ1v) is 10.0. The summed E-state index contributed by atoms with van der Waals surface area (Å²) in [4.78, 5) is 25.1. The fourth-order valence-electron chi connectivity index (χ4n) is 3.79. The van der Waals surface area contributed by atoms with Crippen LogP contribution in [0.1, 0.15) is 24.0 Å². The molecule has 4 nitrogen and oxygen atoms in total. The fraction of sp³-hybridized carbons (Fsp3) is 0.391. The van der Waals surface area contributed by atoms with E-state index in [9.17, 15) is 18.4 Å². The average Bonchev–Trinajstić information content (AvgIpc) is 3.18. The van der Waals surface area contributed by atoms with Gasteiger partial charge in [0.2, 0.25) is 5.91 Å². The quantitative estimate of drug-likeness (QED) is 0.632. The number of ketones is 1. The standard InChI is InChI=1S/C23H26F2N2O2.ClH/c24-18-7-1-4-16(12-18)6-3-9-22(28)20-14-26-15-21(20)23(29)27-11-10-17-5-2-8-19(25)13-17;/h1-2,4-5,7-8,12-13,20-21,26H,3,6,9-11,14-15H2,(H,27,29);1H/t20-,21-;/m1./s1. The minimum absolute atomic E-state index is 0. The number of benzene rings is 2. The molecule has 1 heterocycles. The molecule has 1 aliphatic heterocycles. The molecule has 2 aromatic rings. The van der Waals surface area contributed by atoms with Gasteiger partial charge in [-0.25, -0.2) is 8.78 Å². The van der Waals surface area contributed by atoms with Crippen molar-refractivity contribution in [3.05, 3.63) is 71.3 Å². The van der Waals surface area contributed by atoms with Crippen molar-refractivity contribution in [2.24, 2.45) is 11.8 Å². The number of carbonyl (C=O) groups excluding carboxylic acids is 2. The number of amides is 1. The maximum absolute atomic E-state index is 13.2. The van der Waals surface area contributed by atoms with Crippen molar-refractivity contribution in [2.75, 3.05) is 19.6 Å².